The highest BCUT2D eigenvalue weighted by Crippen LogP contribution is 2.19. The van der Waals surface area contributed by atoms with Gasteiger partial charge in [0.1, 0.15) is 36.8 Å². The Hall–Kier alpha value is -4.27. The number of rotatable bonds is 25. The number of aliphatic hydroxyl groups is 2. The molecule has 12 N–H and O–H groups in total. The van der Waals surface area contributed by atoms with Gasteiger partial charge in [-0.15, -0.1) is 0 Å². The lowest BCUT2D eigenvalue weighted by Gasteiger charge is -2.29. The van der Waals surface area contributed by atoms with Crippen molar-refractivity contribution in [2.24, 2.45) is 11.7 Å². The molecule has 0 spiro atoms. The molecule has 0 bridgehead atoms. The Balaban J connectivity index is 2.15. The minimum Gasteiger partial charge on any atom is -0.394 e. The van der Waals surface area contributed by atoms with Crippen molar-refractivity contribution in [2.75, 3.05) is 46.2 Å². The molecule has 0 saturated carbocycles. The van der Waals surface area contributed by atoms with E-state index >= 15 is 0 Å². The second-order valence-corrected chi connectivity index (χ2v) is 13.7. The first kappa shape index (κ1) is 45.9. The number of fused-ring (bicyclic) bond motifs is 1. The first-order valence-corrected chi connectivity index (χ1v) is 19.1. The van der Waals surface area contributed by atoms with Gasteiger partial charge in [0, 0.05) is 36.3 Å². The number of hydrogen-bond donors (Lipinski definition) is 11. The van der Waals surface area contributed by atoms with Crippen molar-refractivity contribution in [3.05, 3.63) is 36.0 Å². The third-order valence-corrected chi connectivity index (χ3v) is 8.79. The zero-order valence-corrected chi connectivity index (χ0v) is 32.3. The van der Waals surface area contributed by atoms with Crippen LogP contribution in [-0.4, -0.2) is 133 Å². The summed E-state index contributed by atoms with van der Waals surface area (Å²) < 4.78 is 7.89. The molecule has 0 aliphatic rings. The fourth-order valence-corrected chi connectivity index (χ4v) is 5.75. The zero-order valence-electron chi connectivity index (χ0n) is 31.5. The van der Waals surface area contributed by atoms with E-state index in [4.69, 9.17) is 10.5 Å². The predicted octanol–water partition coefficient (Wildman–Crippen LogP) is -2.08. The molecular formula is C35H57N9O9S. The van der Waals surface area contributed by atoms with Crippen LogP contribution in [0.15, 0.2) is 30.5 Å². The van der Waals surface area contributed by atoms with Crippen LogP contribution in [0.3, 0.4) is 0 Å². The number of nitrogens with one attached hydrogen (secondary N) is 8. The van der Waals surface area contributed by atoms with E-state index in [1.807, 2.05) is 24.3 Å². The Morgan fingerprint density at radius 1 is 0.852 bits per heavy atom. The minimum absolute atomic E-state index is 0.101. The number of likely N-dealkylation sites (N-methyl/N-ethyl adjacent to an activating group) is 1. The maximum Gasteiger partial charge on any atom is 0.252 e. The van der Waals surface area contributed by atoms with Crippen LogP contribution < -0.4 is 42.4 Å². The maximum absolute atomic E-state index is 13.6. The number of aromatic amines is 1. The Kier molecular flexibility index (Phi) is 20.6. The topological polar surface area (TPSA) is 278 Å². The maximum atomic E-state index is 13.6. The average molecular weight is 780 g/mol. The lowest BCUT2D eigenvalue weighted by molar-refractivity contribution is -0.137. The van der Waals surface area contributed by atoms with Crippen molar-refractivity contribution in [1.29, 1.82) is 0 Å². The third-order valence-electron chi connectivity index (χ3n) is 8.39. The highest BCUT2D eigenvalue weighted by molar-refractivity contribution is 7.97. The standard InChI is InChI=1S/C35H57N9O9S/c1-20(2)29(42-32(49)27(18-45)41-31(48)25(12-8-9-13-36)39-28(47)19-53-15-14-37-4)34(51)43-30(21(3)46)35(52)40-26(33(50)44-54-5)16-22-17-38-24-11-7-6-10-23(22)24/h6-7,10-11,17,20-21,25-27,29-30,37-38,45-46H,8-9,12-16,18-19,36H2,1-5H3,(H,39,47)(H,40,52)(H,41,48)(H,42,49)(H,43,51)(H,44,50)/t21-,25+,26+,27+,29?,30+/m1/s1. The van der Waals surface area contributed by atoms with Crippen LogP contribution in [-0.2, 0) is 39.9 Å². The summed E-state index contributed by atoms with van der Waals surface area (Å²) in [6.07, 6.45) is 3.34. The van der Waals surface area contributed by atoms with E-state index in [-0.39, 0.29) is 26.1 Å². The Morgan fingerprint density at radius 2 is 1.50 bits per heavy atom. The Bertz CT molecular complexity index is 1520. The van der Waals surface area contributed by atoms with Gasteiger partial charge in [0.25, 0.3) is 5.91 Å². The number of H-pyrrole nitrogens is 1. The fourth-order valence-electron chi connectivity index (χ4n) is 5.40. The van der Waals surface area contributed by atoms with Crippen LogP contribution >= 0.6 is 11.9 Å². The predicted molar refractivity (Wildman–Crippen MR) is 205 cm³/mol. The smallest absolute Gasteiger partial charge is 0.252 e. The lowest BCUT2D eigenvalue weighted by Crippen LogP contribution is -2.62. The fraction of sp³-hybridized carbons (Fsp3) is 0.600. The summed E-state index contributed by atoms with van der Waals surface area (Å²) in [7, 11) is 1.73. The van der Waals surface area contributed by atoms with E-state index in [0.29, 0.717) is 25.9 Å². The second-order valence-electron chi connectivity index (χ2n) is 13.1. The molecule has 6 atom stereocenters. The molecule has 0 radical (unpaired) electrons. The van der Waals surface area contributed by atoms with E-state index in [0.717, 1.165) is 28.4 Å². The van der Waals surface area contributed by atoms with Gasteiger partial charge in [0.15, 0.2) is 0 Å². The van der Waals surface area contributed by atoms with Crippen molar-refractivity contribution >= 4 is 58.3 Å². The third kappa shape index (κ3) is 14.9. The molecule has 1 aromatic carbocycles. The highest BCUT2D eigenvalue weighted by atomic mass is 32.2. The van der Waals surface area contributed by atoms with Gasteiger partial charge in [-0.3, -0.25) is 33.5 Å². The molecule has 54 heavy (non-hydrogen) atoms. The van der Waals surface area contributed by atoms with Gasteiger partial charge < -0.3 is 57.6 Å². The summed E-state index contributed by atoms with van der Waals surface area (Å²) in [6, 6.07) is 0.996. The molecule has 19 heteroatoms. The van der Waals surface area contributed by atoms with Crippen LogP contribution in [0.1, 0.15) is 45.6 Å². The number of hydrogen-bond acceptors (Lipinski definition) is 12. The van der Waals surface area contributed by atoms with Crippen LogP contribution in [0, 0.1) is 5.92 Å². The summed E-state index contributed by atoms with van der Waals surface area (Å²) >= 11 is 1.05. The first-order chi connectivity index (χ1) is 25.8. The van der Waals surface area contributed by atoms with E-state index in [1.54, 1.807) is 33.3 Å². The highest BCUT2D eigenvalue weighted by Gasteiger charge is 2.35. The Labute approximate surface area is 319 Å². The molecule has 0 aliphatic heterocycles. The van der Waals surface area contributed by atoms with Crippen LogP contribution in [0.25, 0.3) is 10.9 Å². The quantitative estimate of drug-likeness (QED) is 0.0383. The van der Waals surface area contributed by atoms with Gasteiger partial charge in [-0.2, -0.15) is 0 Å². The molecule has 302 valence electrons. The summed E-state index contributed by atoms with van der Waals surface area (Å²) in [5.74, 6) is -4.94. The van der Waals surface area contributed by atoms with Gasteiger partial charge >= 0.3 is 0 Å². The second kappa shape index (κ2) is 24.2. The number of carbonyl (C=O) groups excluding carboxylic acids is 6. The van der Waals surface area contributed by atoms with Crippen molar-refractivity contribution in [2.45, 2.75) is 82.8 Å². The van der Waals surface area contributed by atoms with Gasteiger partial charge in [-0.1, -0.05) is 44.0 Å². The summed E-state index contributed by atoms with van der Waals surface area (Å²) in [6.45, 7) is 4.57. The van der Waals surface area contributed by atoms with Gasteiger partial charge in [-0.25, -0.2) is 0 Å². The monoisotopic (exact) mass is 779 g/mol. The van der Waals surface area contributed by atoms with E-state index in [9.17, 15) is 39.0 Å². The van der Waals surface area contributed by atoms with Gasteiger partial charge in [0.2, 0.25) is 29.5 Å². The number of aliphatic hydroxyl groups excluding tert-OH is 2. The summed E-state index contributed by atoms with van der Waals surface area (Å²) in [4.78, 5) is 82.3. The van der Waals surface area contributed by atoms with Crippen molar-refractivity contribution in [3.63, 3.8) is 0 Å². The zero-order chi connectivity index (χ0) is 40.2. The number of nitrogens with two attached hydrogens (primary N) is 1. The largest absolute Gasteiger partial charge is 0.394 e. The van der Waals surface area contributed by atoms with Crippen LogP contribution in [0.2, 0.25) is 0 Å². The molecule has 0 fully saturated rings. The van der Waals surface area contributed by atoms with E-state index in [2.05, 4.69) is 41.6 Å². The number of unbranched alkanes of at least 4 members (excludes halogenated alkanes) is 1. The van der Waals surface area contributed by atoms with E-state index < -0.39 is 84.3 Å². The molecule has 1 heterocycles. The van der Waals surface area contributed by atoms with Crippen molar-refractivity contribution < 1.29 is 43.7 Å². The molecule has 6 amide bonds. The average Bonchev–Trinajstić information content (AvgIpc) is 3.54. The molecule has 1 aromatic heterocycles. The van der Waals surface area contributed by atoms with Crippen molar-refractivity contribution in [1.82, 2.24) is 41.6 Å². The molecule has 2 aromatic rings. The van der Waals surface area contributed by atoms with Gasteiger partial charge in [-0.05, 0) is 57.3 Å². The number of para-hydroxylation sites is 1. The van der Waals surface area contributed by atoms with E-state index in [1.165, 1.54) is 6.92 Å². The number of ether oxygens (including phenoxy) is 1. The molecule has 2 rings (SSSR count). The number of benzene rings is 1. The normalized spacial score (nSPS) is 14.6. The van der Waals surface area contributed by atoms with Crippen LogP contribution in [0.4, 0.5) is 0 Å². The lowest BCUT2D eigenvalue weighted by atomic mass is 10.0. The number of carbonyl (C=O) groups is 6. The Morgan fingerprint density at radius 3 is 2.13 bits per heavy atom. The minimum atomic E-state index is -1.53. The van der Waals surface area contributed by atoms with Gasteiger partial charge in [0.05, 0.1) is 19.3 Å². The number of amides is 6. The number of aromatic nitrogens is 1. The SMILES string of the molecule is CNCCOCC(=O)N[C@@H](CCCCN)C(=O)N[C@@H](CO)C(=O)NC(C(=O)N[C@H](C(=O)N[C@@H](Cc1c[nH]c2ccccc12)C(=O)NSC)[C@@H](C)O)C(C)C. The molecule has 18 nitrogen and oxygen atoms in total. The van der Waals surface area contributed by atoms with Crippen LogP contribution in [0.5, 0.6) is 0 Å². The molecule has 1 unspecified atom stereocenters. The summed E-state index contributed by atoms with van der Waals surface area (Å²) in [5, 5.41) is 37.0. The summed E-state index contributed by atoms with van der Waals surface area (Å²) in [5.41, 5.74) is 7.19. The molecular weight excluding hydrogens is 723 g/mol. The molecule has 0 aliphatic carbocycles. The first-order valence-electron chi connectivity index (χ1n) is 17.9. The molecule has 0 saturated heterocycles. The van der Waals surface area contributed by atoms with Crippen molar-refractivity contribution in [3.8, 4) is 0 Å².